The second-order valence-electron chi connectivity index (χ2n) is 17.3. The van der Waals surface area contributed by atoms with E-state index in [9.17, 15) is 55.9 Å². The van der Waals surface area contributed by atoms with Crippen LogP contribution in [-0.2, 0) is 37.1 Å². The van der Waals surface area contributed by atoms with Crippen LogP contribution in [0.15, 0.2) is 71.0 Å². The summed E-state index contributed by atoms with van der Waals surface area (Å²) in [6, 6.07) is 6.24. The van der Waals surface area contributed by atoms with Crippen molar-refractivity contribution >= 4 is 35.1 Å². The molecule has 3 aromatic rings. The maximum absolute atomic E-state index is 13.3. The van der Waals surface area contributed by atoms with Gasteiger partial charge in [-0.3, -0.25) is 47.5 Å². The van der Waals surface area contributed by atoms with Gasteiger partial charge in [-0.25, -0.2) is 9.97 Å². The summed E-state index contributed by atoms with van der Waals surface area (Å²) in [5, 5.41) is 7.85. The third kappa shape index (κ3) is 22.6. The fourth-order valence-electron chi connectivity index (χ4n) is 7.95. The Morgan fingerprint density at radius 3 is 1.53 bits per heavy atom. The van der Waals surface area contributed by atoms with Crippen molar-refractivity contribution in [2.24, 2.45) is 29.0 Å². The fourth-order valence-corrected chi connectivity index (χ4v) is 7.95. The van der Waals surface area contributed by atoms with Gasteiger partial charge >= 0.3 is 6.18 Å². The Morgan fingerprint density at radius 2 is 1.08 bits per heavy atom. The van der Waals surface area contributed by atoms with Gasteiger partial charge in [-0.2, -0.15) is 17.6 Å². The lowest BCUT2D eigenvalue weighted by Gasteiger charge is -2.20. The molecule has 0 radical (unpaired) electrons. The Hall–Kier alpha value is -6.00. The summed E-state index contributed by atoms with van der Waals surface area (Å²) in [5.41, 5.74) is 15.3. The zero-order chi connectivity index (χ0) is 53.5. The topological polar surface area (TPSA) is 286 Å². The number of aromatic nitrogens is 4. The number of amides is 3. The predicted molar refractivity (Wildman–Crippen MR) is 264 cm³/mol. The maximum Gasteiger partial charge on any atom is 0.452 e. The van der Waals surface area contributed by atoms with Gasteiger partial charge in [0.05, 0.1) is 50.1 Å². The van der Waals surface area contributed by atoms with Gasteiger partial charge in [0, 0.05) is 29.7 Å². The lowest BCUT2D eigenvalue weighted by molar-refractivity contribution is -0.173. The maximum atomic E-state index is 13.3. The van der Waals surface area contributed by atoms with Gasteiger partial charge in [-0.15, -0.1) is 0 Å². The molecule has 0 bridgehead atoms. The molecule has 5 rings (SSSR count). The van der Waals surface area contributed by atoms with Gasteiger partial charge in [0.25, 0.3) is 22.8 Å². The molecule has 3 amide bonds. The van der Waals surface area contributed by atoms with E-state index in [0.717, 1.165) is 87.7 Å². The van der Waals surface area contributed by atoms with Crippen LogP contribution in [0.25, 0.3) is 0 Å². The quantitative estimate of drug-likeness (QED) is 0.0506. The summed E-state index contributed by atoms with van der Waals surface area (Å²) in [6.45, 7) is 4.98. The molecule has 0 aliphatic heterocycles. The largest absolute Gasteiger partial charge is 0.452 e. The average Bonchev–Trinajstić information content (AvgIpc) is 4.13. The van der Waals surface area contributed by atoms with Crippen molar-refractivity contribution in [2.75, 3.05) is 19.6 Å². The van der Waals surface area contributed by atoms with Gasteiger partial charge in [0.1, 0.15) is 0 Å². The van der Waals surface area contributed by atoms with Gasteiger partial charge in [0.2, 0.25) is 17.6 Å². The van der Waals surface area contributed by atoms with Crippen molar-refractivity contribution < 1.29 is 46.3 Å². The second-order valence-corrected chi connectivity index (χ2v) is 17.3. The monoisotopic (exact) mass is 1020 g/mol. The molecule has 2 fully saturated rings. The molecule has 0 saturated heterocycles. The highest BCUT2D eigenvalue weighted by atomic mass is 19.4. The summed E-state index contributed by atoms with van der Waals surface area (Å²) in [6.07, 6.45) is 12.0. The van der Waals surface area contributed by atoms with Crippen LogP contribution in [-0.4, -0.2) is 98.1 Å². The predicted octanol–water partition coefficient (Wildman–Crippen LogP) is 4.44. The zero-order valence-corrected chi connectivity index (χ0v) is 41.5. The number of Topliss-reactive ketones (excluding diaryl/α,β-unsaturated/α-hetero) is 3. The van der Waals surface area contributed by atoms with Crippen LogP contribution in [0.2, 0.25) is 0 Å². The number of rotatable bonds is 25. The Bertz CT molecular complexity index is 2230. The minimum atomic E-state index is -4.97. The van der Waals surface area contributed by atoms with Crippen LogP contribution in [0.5, 0.6) is 0 Å². The SMILES string of the molecule is CC.NCCCCC(NC(=O)C1CCCC1)C(=O)Cn1cncc(F)c1=O.NCCCCC(NC(=O)C1CCCC1)C(=O)Cn1cnccc1=O.NCCCCC(NC(=O)c1ccccc1)C(=O)C(F)(F)F. The Kier molecular flexibility index (Phi) is 29.7. The van der Waals surface area contributed by atoms with Crippen molar-refractivity contribution in [3.63, 3.8) is 0 Å². The number of carbonyl (C=O) groups is 6. The minimum absolute atomic E-state index is 0.0101. The molecule has 9 N–H and O–H groups in total. The number of nitrogens with one attached hydrogen (secondary N) is 3. The van der Waals surface area contributed by atoms with Crippen LogP contribution in [0.1, 0.15) is 133 Å². The summed E-state index contributed by atoms with van der Waals surface area (Å²) in [4.78, 5) is 104. The first-order chi connectivity index (χ1) is 34.5. The highest BCUT2D eigenvalue weighted by Crippen LogP contribution is 2.26. The number of hydrogen-bond acceptors (Lipinski definition) is 13. The lowest BCUT2D eigenvalue weighted by Crippen LogP contribution is -2.46. The van der Waals surface area contributed by atoms with Crippen molar-refractivity contribution in [2.45, 2.75) is 160 Å². The van der Waals surface area contributed by atoms with E-state index in [1.54, 1.807) is 18.2 Å². The molecule has 2 aliphatic carbocycles. The van der Waals surface area contributed by atoms with E-state index in [0.29, 0.717) is 51.7 Å². The standard InChI is InChI=1S/C17H25FN4O3.C17H26N4O3.C14H17F3N2O2.C2H6/c18-13-9-20-11-22(17(13)25)10-15(23)14(7-3-4-8-19)21-16(24)12-5-1-2-6-12;18-9-4-3-7-14(20-17(24)13-5-1-2-6-13)15(22)11-21-12-19-10-8-16(21)23;15-14(16,17)12(20)11(8-4-5-9-18)19-13(21)10-6-2-1-3-7-10;1-2/h9,11-12,14H,1-8,10,19H2,(H,21,24);8,10,12-14H,1-7,9,11,18H2,(H,20,24);1-3,6-7,11H,4-5,8-9,18H2,(H,19,21);1-2H3. The van der Waals surface area contributed by atoms with E-state index in [1.165, 1.54) is 35.3 Å². The van der Waals surface area contributed by atoms with E-state index in [4.69, 9.17) is 17.2 Å². The first kappa shape index (κ1) is 62.1. The van der Waals surface area contributed by atoms with Crippen molar-refractivity contribution in [1.29, 1.82) is 0 Å². The van der Waals surface area contributed by atoms with Gasteiger partial charge in [-0.1, -0.05) is 57.7 Å². The number of alkyl halides is 3. The third-order valence-electron chi connectivity index (χ3n) is 11.9. The molecular formula is C50H74F4N10O8. The van der Waals surface area contributed by atoms with E-state index in [2.05, 4.69) is 25.9 Å². The van der Waals surface area contributed by atoms with Gasteiger partial charge < -0.3 is 33.2 Å². The number of benzene rings is 1. The Balaban J connectivity index is 0.000000365. The van der Waals surface area contributed by atoms with Crippen LogP contribution in [0, 0.1) is 17.7 Å². The van der Waals surface area contributed by atoms with E-state index in [-0.39, 0.29) is 65.8 Å². The highest BCUT2D eigenvalue weighted by molar-refractivity contribution is 5.99. The van der Waals surface area contributed by atoms with Crippen LogP contribution in [0.3, 0.4) is 0 Å². The molecule has 3 atom stereocenters. The van der Waals surface area contributed by atoms with Crippen molar-refractivity contribution in [3.8, 4) is 0 Å². The third-order valence-corrected chi connectivity index (χ3v) is 11.9. The molecular weight excluding hydrogens is 945 g/mol. The molecule has 2 saturated carbocycles. The van der Waals surface area contributed by atoms with Crippen molar-refractivity contribution in [1.82, 2.24) is 35.1 Å². The highest BCUT2D eigenvalue weighted by Gasteiger charge is 2.43. The smallest absolute Gasteiger partial charge is 0.346 e. The Morgan fingerprint density at radius 1 is 0.639 bits per heavy atom. The molecule has 2 aliphatic rings. The average molecular weight is 1020 g/mol. The first-order valence-corrected chi connectivity index (χ1v) is 24.9. The van der Waals surface area contributed by atoms with Crippen molar-refractivity contribution in [3.05, 3.63) is 93.5 Å². The summed E-state index contributed by atoms with van der Waals surface area (Å²) < 4.78 is 53.1. The van der Waals surface area contributed by atoms with Crippen LogP contribution < -0.4 is 44.3 Å². The normalized spacial score (nSPS) is 14.7. The van der Waals surface area contributed by atoms with E-state index >= 15 is 0 Å². The second kappa shape index (κ2) is 34.4. The summed E-state index contributed by atoms with van der Waals surface area (Å²) >= 11 is 0. The van der Waals surface area contributed by atoms with Crippen LogP contribution in [0.4, 0.5) is 17.6 Å². The molecule has 0 spiro atoms. The molecule has 400 valence electrons. The molecule has 2 aromatic heterocycles. The fraction of sp³-hybridized carbons (Fsp3) is 0.600. The molecule has 3 unspecified atom stereocenters. The molecule has 22 heteroatoms. The number of unbranched alkanes of at least 4 members (excludes halogenated alkanes) is 3. The number of ketones is 3. The molecule has 2 heterocycles. The van der Waals surface area contributed by atoms with Gasteiger partial charge in [-0.05, 0) is 115 Å². The van der Waals surface area contributed by atoms with E-state index < -0.39 is 47.4 Å². The zero-order valence-electron chi connectivity index (χ0n) is 41.5. The van der Waals surface area contributed by atoms with E-state index in [1.807, 2.05) is 13.8 Å². The first-order valence-electron chi connectivity index (χ1n) is 24.9. The minimum Gasteiger partial charge on any atom is -0.346 e. The number of halogens is 4. The Labute approximate surface area is 418 Å². The lowest BCUT2D eigenvalue weighted by atomic mass is 10.0. The summed E-state index contributed by atoms with van der Waals surface area (Å²) in [5.74, 6) is -4.37. The molecule has 1 aromatic carbocycles. The summed E-state index contributed by atoms with van der Waals surface area (Å²) in [7, 11) is 0. The van der Waals surface area contributed by atoms with Gasteiger partial charge in [0.15, 0.2) is 11.6 Å². The molecule has 72 heavy (non-hydrogen) atoms. The van der Waals surface area contributed by atoms with Crippen LogP contribution >= 0.6 is 0 Å². The number of carbonyl (C=O) groups excluding carboxylic acids is 6. The number of nitrogens with zero attached hydrogens (tertiary/aromatic N) is 4. The molecule has 18 nitrogen and oxygen atoms in total. The number of hydrogen-bond donors (Lipinski definition) is 6. The number of nitrogens with two attached hydrogens (primary N) is 3.